The molecule has 0 saturated heterocycles. The lowest BCUT2D eigenvalue weighted by Gasteiger charge is -2.41. The number of benzene rings is 2. The number of amides is 2. The van der Waals surface area contributed by atoms with Gasteiger partial charge in [0.25, 0.3) is 0 Å². The van der Waals surface area contributed by atoms with Crippen LogP contribution in [0, 0.1) is 0 Å². The highest BCUT2D eigenvalue weighted by Gasteiger charge is 2.35. The first-order chi connectivity index (χ1) is 16.2. The third kappa shape index (κ3) is 4.82. The molecule has 182 valence electrons. The van der Waals surface area contributed by atoms with E-state index >= 15 is 0 Å². The molecule has 4 rings (SSSR count). The molecule has 0 N–H and O–H groups in total. The number of fused-ring (bicyclic) bond motifs is 1. The third-order valence-electron chi connectivity index (χ3n) is 6.72. The highest BCUT2D eigenvalue weighted by atomic mass is 32.2. The molecule has 1 aliphatic heterocycles. The maximum Gasteiger partial charge on any atom is 0.414 e. The molecule has 34 heavy (non-hydrogen) atoms. The van der Waals surface area contributed by atoms with Gasteiger partial charge in [0, 0.05) is 13.5 Å². The predicted molar refractivity (Wildman–Crippen MR) is 133 cm³/mol. The Bertz CT molecular complexity index is 1170. The van der Waals surface area contributed by atoms with Gasteiger partial charge in [-0.3, -0.25) is 9.69 Å². The fraction of sp³-hybridized carbons (Fsp3) is 0.462. The van der Waals surface area contributed by atoms with Gasteiger partial charge in [0.15, 0.2) is 9.84 Å². The average molecular weight is 485 g/mol. The normalized spacial score (nSPS) is 19.0. The molecule has 0 radical (unpaired) electrons. The summed E-state index contributed by atoms with van der Waals surface area (Å²) in [6, 6.07) is 12.2. The van der Waals surface area contributed by atoms with Crippen LogP contribution in [0.5, 0.6) is 0 Å². The fourth-order valence-electron chi connectivity index (χ4n) is 4.87. The summed E-state index contributed by atoms with van der Waals surface area (Å²) in [5.41, 5.74) is 2.94. The van der Waals surface area contributed by atoms with Crippen LogP contribution in [0.1, 0.15) is 52.9 Å². The van der Waals surface area contributed by atoms with E-state index in [0.29, 0.717) is 17.9 Å². The van der Waals surface area contributed by atoms with Crippen LogP contribution in [0.25, 0.3) is 11.1 Å². The second kappa shape index (κ2) is 9.78. The SMILES string of the molecule is CCS(=O)(=O)c1ccc(-c2ccc3c(c2)N(C(=O)OC2CCCCC2)CC(C)N3C(C)=O)cc1. The Labute approximate surface area is 201 Å². The van der Waals surface area contributed by atoms with Gasteiger partial charge in [0.2, 0.25) is 5.91 Å². The van der Waals surface area contributed by atoms with E-state index < -0.39 is 9.84 Å². The Morgan fingerprint density at radius 3 is 2.24 bits per heavy atom. The second-order valence-electron chi connectivity index (χ2n) is 9.12. The van der Waals surface area contributed by atoms with E-state index in [1.165, 1.54) is 13.3 Å². The van der Waals surface area contributed by atoms with Crippen LogP contribution in [0.3, 0.4) is 0 Å². The van der Waals surface area contributed by atoms with E-state index in [4.69, 9.17) is 4.74 Å². The van der Waals surface area contributed by atoms with E-state index in [1.54, 1.807) is 41.0 Å². The monoisotopic (exact) mass is 484 g/mol. The maximum absolute atomic E-state index is 13.2. The van der Waals surface area contributed by atoms with Crippen molar-refractivity contribution in [3.63, 3.8) is 0 Å². The molecule has 8 heteroatoms. The minimum atomic E-state index is -3.28. The van der Waals surface area contributed by atoms with Crippen LogP contribution < -0.4 is 9.80 Å². The fourth-order valence-corrected chi connectivity index (χ4v) is 5.75. The molecule has 2 aromatic rings. The number of hydrogen-bond donors (Lipinski definition) is 0. The van der Waals surface area contributed by atoms with Crippen molar-refractivity contribution >= 4 is 33.2 Å². The Morgan fingerprint density at radius 2 is 1.62 bits per heavy atom. The number of rotatable bonds is 4. The largest absolute Gasteiger partial charge is 0.446 e. The lowest BCUT2D eigenvalue weighted by atomic mass is 9.98. The molecule has 2 aliphatic rings. The van der Waals surface area contributed by atoms with Gasteiger partial charge >= 0.3 is 6.09 Å². The first kappa shape index (κ1) is 24.3. The number of nitrogens with zero attached hydrogens (tertiary/aromatic N) is 2. The zero-order valence-electron chi connectivity index (χ0n) is 20.0. The van der Waals surface area contributed by atoms with Gasteiger partial charge in [0.1, 0.15) is 6.10 Å². The Kier molecular flexibility index (Phi) is 6.98. The van der Waals surface area contributed by atoms with Gasteiger partial charge in [-0.1, -0.05) is 31.5 Å². The molecule has 0 bridgehead atoms. The van der Waals surface area contributed by atoms with E-state index in [1.807, 2.05) is 25.1 Å². The molecule has 2 amide bonds. The second-order valence-corrected chi connectivity index (χ2v) is 11.4. The van der Waals surface area contributed by atoms with Crippen LogP contribution in [0.2, 0.25) is 0 Å². The minimum absolute atomic E-state index is 0.0440. The van der Waals surface area contributed by atoms with Crippen LogP contribution >= 0.6 is 0 Å². The number of anilines is 2. The van der Waals surface area contributed by atoms with Crippen molar-refractivity contribution < 1.29 is 22.7 Å². The molecule has 1 unspecified atom stereocenters. The molecular formula is C26H32N2O5S. The molecule has 1 atom stereocenters. The minimum Gasteiger partial charge on any atom is -0.446 e. The number of hydrogen-bond acceptors (Lipinski definition) is 5. The Hall–Kier alpha value is -2.87. The van der Waals surface area contributed by atoms with E-state index in [2.05, 4.69) is 0 Å². The molecule has 1 heterocycles. The number of carbonyl (C=O) groups is 2. The molecule has 7 nitrogen and oxygen atoms in total. The zero-order chi connectivity index (χ0) is 24.5. The van der Waals surface area contributed by atoms with Crippen LogP contribution in [-0.2, 0) is 19.4 Å². The summed E-state index contributed by atoms with van der Waals surface area (Å²) in [5, 5.41) is 0. The predicted octanol–water partition coefficient (Wildman–Crippen LogP) is 5.18. The van der Waals surface area contributed by atoms with Crippen LogP contribution in [0.15, 0.2) is 47.4 Å². The van der Waals surface area contributed by atoms with E-state index in [9.17, 15) is 18.0 Å². The summed E-state index contributed by atoms with van der Waals surface area (Å²) in [5.74, 6) is -0.0431. The topological polar surface area (TPSA) is 84.0 Å². The molecular weight excluding hydrogens is 452 g/mol. The zero-order valence-corrected chi connectivity index (χ0v) is 20.8. The summed E-state index contributed by atoms with van der Waals surface area (Å²) >= 11 is 0. The summed E-state index contributed by atoms with van der Waals surface area (Å²) in [6.45, 7) is 5.41. The van der Waals surface area contributed by atoms with Gasteiger partial charge in [-0.15, -0.1) is 0 Å². The van der Waals surface area contributed by atoms with Crippen LogP contribution in [0.4, 0.5) is 16.2 Å². The molecule has 1 saturated carbocycles. The number of sulfone groups is 1. The summed E-state index contributed by atoms with van der Waals surface area (Å²) in [6.07, 6.45) is 4.62. The maximum atomic E-state index is 13.2. The summed E-state index contributed by atoms with van der Waals surface area (Å²) in [4.78, 5) is 29.3. The Balaban J connectivity index is 1.70. The smallest absolute Gasteiger partial charge is 0.414 e. The van der Waals surface area contributed by atoms with Crippen molar-refractivity contribution in [3.05, 3.63) is 42.5 Å². The molecule has 0 spiro atoms. The summed E-state index contributed by atoms with van der Waals surface area (Å²) in [7, 11) is -3.28. The van der Waals surface area contributed by atoms with Crippen molar-refractivity contribution in [2.75, 3.05) is 22.1 Å². The van der Waals surface area contributed by atoms with Crippen molar-refractivity contribution in [3.8, 4) is 11.1 Å². The van der Waals surface area contributed by atoms with Gasteiger partial charge in [-0.05, 0) is 68.0 Å². The van der Waals surface area contributed by atoms with Gasteiger partial charge in [0.05, 0.1) is 28.1 Å². The highest BCUT2D eigenvalue weighted by Crippen LogP contribution is 2.39. The number of ether oxygens (including phenoxy) is 1. The molecule has 1 fully saturated rings. The quantitative estimate of drug-likeness (QED) is 0.597. The lowest BCUT2D eigenvalue weighted by molar-refractivity contribution is -0.117. The van der Waals surface area contributed by atoms with E-state index in [-0.39, 0.29) is 34.8 Å². The van der Waals surface area contributed by atoms with Crippen molar-refractivity contribution in [2.45, 2.75) is 69.9 Å². The molecule has 1 aliphatic carbocycles. The average Bonchev–Trinajstić information content (AvgIpc) is 2.83. The standard InChI is InChI=1S/C26H32N2O5S/c1-4-34(31,32)23-13-10-20(11-14-23)21-12-15-24-25(16-21)27(17-18(2)28(24)19(3)29)26(30)33-22-8-6-5-7-9-22/h10-16,18,22H,4-9,17H2,1-3H3. The Morgan fingerprint density at radius 1 is 0.971 bits per heavy atom. The summed E-state index contributed by atoms with van der Waals surface area (Å²) < 4.78 is 30.2. The van der Waals surface area contributed by atoms with Crippen molar-refractivity contribution in [1.29, 1.82) is 0 Å². The lowest BCUT2D eigenvalue weighted by Crippen LogP contribution is -2.52. The van der Waals surface area contributed by atoms with E-state index in [0.717, 1.165) is 36.8 Å². The van der Waals surface area contributed by atoms with Gasteiger partial charge < -0.3 is 9.64 Å². The number of carbonyl (C=O) groups excluding carboxylic acids is 2. The van der Waals surface area contributed by atoms with Gasteiger partial charge in [-0.25, -0.2) is 13.2 Å². The first-order valence-corrected chi connectivity index (χ1v) is 13.6. The first-order valence-electron chi connectivity index (χ1n) is 12.0. The third-order valence-corrected chi connectivity index (χ3v) is 8.47. The van der Waals surface area contributed by atoms with Crippen molar-refractivity contribution in [2.24, 2.45) is 0 Å². The van der Waals surface area contributed by atoms with Crippen molar-refractivity contribution in [1.82, 2.24) is 0 Å². The highest BCUT2D eigenvalue weighted by molar-refractivity contribution is 7.91. The molecule has 0 aromatic heterocycles. The van der Waals surface area contributed by atoms with Crippen LogP contribution in [-0.4, -0.2) is 44.9 Å². The van der Waals surface area contributed by atoms with Gasteiger partial charge in [-0.2, -0.15) is 0 Å². The molecule has 2 aromatic carbocycles.